The van der Waals surface area contributed by atoms with E-state index in [1.807, 2.05) is 35.7 Å². The topological polar surface area (TPSA) is 116 Å². The number of carbonyl (C=O) groups is 1. The van der Waals surface area contributed by atoms with Gasteiger partial charge in [-0.3, -0.25) is 9.20 Å². The third-order valence-corrected chi connectivity index (χ3v) is 4.15. The zero-order chi connectivity index (χ0) is 20.5. The predicted octanol–water partition coefficient (Wildman–Crippen LogP) is 1.93. The molecule has 0 radical (unpaired) electrons. The summed E-state index contributed by atoms with van der Waals surface area (Å²) in [6, 6.07) is 12.0. The van der Waals surface area contributed by atoms with Crippen molar-refractivity contribution in [1.82, 2.24) is 30.5 Å². The lowest BCUT2D eigenvalue weighted by Gasteiger charge is -2.11. The van der Waals surface area contributed by atoms with Crippen LogP contribution in [0.2, 0.25) is 0 Å². The molecule has 0 saturated carbocycles. The molecule has 0 saturated heterocycles. The molecule has 1 amide bonds. The smallest absolute Gasteiger partial charge is 0.251 e. The summed E-state index contributed by atoms with van der Waals surface area (Å²) in [5.74, 6) is 1.31. The van der Waals surface area contributed by atoms with Crippen LogP contribution in [0.25, 0.3) is 5.65 Å². The summed E-state index contributed by atoms with van der Waals surface area (Å²) < 4.78 is 1.91. The largest absolute Gasteiger partial charge is 0.508 e. The van der Waals surface area contributed by atoms with Crippen molar-refractivity contribution >= 4 is 41.5 Å². The van der Waals surface area contributed by atoms with Crippen LogP contribution in [0.1, 0.15) is 29.5 Å². The Balaban J connectivity index is 0.00000320. The van der Waals surface area contributed by atoms with E-state index in [9.17, 15) is 9.90 Å². The minimum atomic E-state index is -0.208. The summed E-state index contributed by atoms with van der Waals surface area (Å²) in [7, 11) is 0. The number of pyridine rings is 1. The van der Waals surface area contributed by atoms with Gasteiger partial charge in [-0.1, -0.05) is 12.1 Å². The van der Waals surface area contributed by atoms with Crippen molar-refractivity contribution in [1.29, 1.82) is 0 Å². The minimum Gasteiger partial charge on any atom is -0.508 e. The molecule has 0 atom stereocenters. The van der Waals surface area contributed by atoms with Crippen LogP contribution in [0, 0.1) is 0 Å². The van der Waals surface area contributed by atoms with Crippen molar-refractivity contribution in [2.24, 2.45) is 4.99 Å². The first-order valence-electron chi connectivity index (χ1n) is 9.55. The zero-order valence-electron chi connectivity index (χ0n) is 16.7. The van der Waals surface area contributed by atoms with E-state index >= 15 is 0 Å². The number of rotatable bonds is 8. The van der Waals surface area contributed by atoms with Gasteiger partial charge in [0.25, 0.3) is 5.91 Å². The average Bonchev–Trinajstić information content (AvgIpc) is 3.14. The second-order valence-electron chi connectivity index (χ2n) is 6.33. The molecule has 10 heteroatoms. The van der Waals surface area contributed by atoms with E-state index in [0.29, 0.717) is 31.2 Å². The highest BCUT2D eigenvalue weighted by Gasteiger charge is 2.06. The number of nitrogens with zero attached hydrogens (tertiary/aromatic N) is 4. The van der Waals surface area contributed by atoms with E-state index in [2.05, 4.69) is 31.1 Å². The SMILES string of the molecule is CCNC(=NCc1nnc2ccccn12)NCCCNC(=O)c1cccc(O)c1.I. The van der Waals surface area contributed by atoms with Gasteiger partial charge in [-0.25, -0.2) is 4.99 Å². The van der Waals surface area contributed by atoms with Crippen LogP contribution < -0.4 is 16.0 Å². The van der Waals surface area contributed by atoms with Gasteiger partial charge in [-0.05, 0) is 43.7 Å². The number of carbonyl (C=O) groups excluding carboxylic acids is 1. The lowest BCUT2D eigenvalue weighted by atomic mass is 10.2. The molecule has 0 aliphatic carbocycles. The molecule has 0 spiro atoms. The van der Waals surface area contributed by atoms with Crippen LogP contribution in [-0.4, -0.2) is 51.2 Å². The molecule has 2 aromatic heterocycles. The number of aromatic nitrogens is 3. The van der Waals surface area contributed by atoms with Gasteiger partial charge in [0.15, 0.2) is 17.4 Å². The number of aliphatic imine (C=N–C) groups is 1. The normalized spacial score (nSPS) is 11.0. The first kappa shape index (κ1) is 23.4. The fourth-order valence-corrected chi connectivity index (χ4v) is 2.74. The van der Waals surface area contributed by atoms with E-state index in [1.54, 1.807) is 12.1 Å². The Morgan fingerprint density at radius 1 is 1.10 bits per heavy atom. The molecule has 3 aromatic rings. The molecule has 0 bridgehead atoms. The number of nitrogens with one attached hydrogen (secondary N) is 3. The molecule has 0 unspecified atom stereocenters. The van der Waals surface area contributed by atoms with Gasteiger partial charge in [0.05, 0.1) is 0 Å². The lowest BCUT2D eigenvalue weighted by Crippen LogP contribution is -2.38. The van der Waals surface area contributed by atoms with E-state index in [1.165, 1.54) is 12.1 Å². The van der Waals surface area contributed by atoms with Gasteiger partial charge in [-0.15, -0.1) is 34.2 Å². The highest BCUT2D eigenvalue weighted by molar-refractivity contribution is 14.0. The lowest BCUT2D eigenvalue weighted by molar-refractivity contribution is 0.0953. The van der Waals surface area contributed by atoms with E-state index in [4.69, 9.17) is 0 Å². The predicted molar refractivity (Wildman–Crippen MR) is 126 cm³/mol. The molecule has 30 heavy (non-hydrogen) atoms. The highest BCUT2D eigenvalue weighted by atomic mass is 127. The van der Waals surface area contributed by atoms with E-state index in [0.717, 1.165) is 24.4 Å². The number of phenols is 1. The average molecular weight is 523 g/mol. The molecule has 9 nitrogen and oxygen atoms in total. The highest BCUT2D eigenvalue weighted by Crippen LogP contribution is 2.10. The molecule has 2 heterocycles. The third-order valence-electron chi connectivity index (χ3n) is 4.15. The summed E-state index contributed by atoms with van der Waals surface area (Å²) in [4.78, 5) is 16.6. The molecular weight excluding hydrogens is 497 g/mol. The quantitative estimate of drug-likeness (QED) is 0.155. The summed E-state index contributed by atoms with van der Waals surface area (Å²) in [5, 5.41) is 27.0. The number of aromatic hydroxyl groups is 1. The van der Waals surface area contributed by atoms with Crippen molar-refractivity contribution in [3.63, 3.8) is 0 Å². The van der Waals surface area contributed by atoms with Gasteiger partial charge >= 0.3 is 0 Å². The van der Waals surface area contributed by atoms with Crippen LogP contribution in [0.15, 0.2) is 53.7 Å². The Labute approximate surface area is 192 Å². The molecule has 160 valence electrons. The first-order valence-corrected chi connectivity index (χ1v) is 9.55. The Hall–Kier alpha value is -2.89. The van der Waals surface area contributed by atoms with Crippen molar-refractivity contribution < 1.29 is 9.90 Å². The fraction of sp³-hybridized carbons (Fsp3) is 0.300. The number of fused-ring (bicyclic) bond motifs is 1. The van der Waals surface area contributed by atoms with Crippen molar-refractivity contribution in [2.45, 2.75) is 19.9 Å². The molecule has 0 aliphatic heterocycles. The summed E-state index contributed by atoms with van der Waals surface area (Å²) in [6.45, 7) is 4.29. The number of guanidine groups is 1. The van der Waals surface area contributed by atoms with Gasteiger partial charge in [0.2, 0.25) is 0 Å². The van der Waals surface area contributed by atoms with Crippen LogP contribution in [-0.2, 0) is 6.54 Å². The van der Waals surface area contributed by atoms with E-state index < -0.39 is 0 Å². The first-order chi connectivity index (χ1) is 14.2. The van der Waals surface area contributed by atoms with E-state index in [-0.39, 0.29) is 35.6 Å². The maximum Gasteiger partial charge on any atom is 0.251 e. The number of hydrogen-bond donors (Lipinski definition) is 4. The number of benzene rings is 1. The molecule has 4 N–H and O–H groups in total. The molecule has 0 fully saturated rings. The molecular formula is C20H26IN7O2. The number of hydrogen-bond acceptors (Lipinski definition) is 5. The van der Waals surface area contributed by atoms with Gasteiger partial charge in [-0.2, -0.15) is 0 Å². The van der Waals surface area contributed by atoms with Gasteiger partial charge < -0.3 is 21.1 Å². The van der Waals surface area contributed by atoms with Gasteiger partial charge in [0, 0.05) is 31.4 Å². The zero-order valence-corrected chi connectivity index (χ0v) is 19.0. The number of phenolic OH excluding ortho intramolecular Hbond substituents is 1. The van der Waals surface area contributed by atoms with Crippen molar-refractivity contribution in [2.75, 3.05) is 19.6 Å². The maximum atomic E-state index is 12.0. The molecule has 0 aliphatic rings. The molecule has 3 rings (SSSR count). The standard InChI is InChI=1S/C20H25N7O2.HI/c1-2-21-20(24-14-18-26-25-17-9-3-4-12-27(17)18)23-11-6-10-22-19(29)15-7-5-8-16(28)13-15;/h3-5,7-9,12-13,28H,2,6,10-11,14H2,1H3,(H,22,29)(H2,21,23,24);1H. The summed E-state index contributed by atoms with van der Waals surface area (Å²) in [5.41, 5.74) is 1.23. The fourth-order valence-electron chi connectivity index (χ4n) is 2.74. The van der Waals surface area contributed by atoms with Crippen LogP contribution >= 0.6 is 24.0 Å². The maximum absolute atomic E-state index is 12.0. The van der Waals surface area contributed by atoms with Crippen LogP contribution in [0.5, 0.6) is 5.75 Å². The van der Waals surface area contributed by atoms with Crippen molar-refractivity contribution in [3.05, 3.63) is 60.0 Å². The Bertz CT molecular complexity index is 990. The monoisotopic (exact) mass is 523 g/mol. The Kier molecular flexibility index (Phi) is 9.32. The second kappa shape index (κ2) is 12.0. The third kappa shape index (κ3) is 6.58. The number of halogens is 1. The minimum absolute atomic E-state index is 0. The summed E-state index contributed by atoms with van der Waals surface area (Å²) >= 11 is 0. The van der Waals surface area contributed by atoms with Gasteiger partial charge in [0.1, 0.15) is 12.3 Å². The van der Waals surface area contributed by atoms with Crippen LogP contribution in [0.4, 0.5) is 0 Å². The number of amides is 1. The van der Waals surface area contributed by atoms with Crippen molar-refractivity contribution in [3.8, 4) is 5.75 Å². The second-order valence-corrected chi connectivity index (χ2v) is 6.33. The Morgan fingerprint density at radius 3 is 2.73 bits per heavy atom. The summed E-state index contributed by atoms with van der Waals surface area (Å²) in [6.07, 6.45) is 2.64. The van der Waals surface area contributed by atoms with Crippen LogP contribution in [0.3, 0.4) is 0 Å². The molecule has 1 aromatic carbocycles. The Morgan fingerprint density at radius 2 is 1.93 bits per heavy atom.